The molecular weight excluding hydrogens is 507 g/mol. The van der Waals surface area contributed by atoms with Crippen molar-refractivity contribution in [2.45, 2.75) is 78.9 Å². The molecular formula is C23H41N4O7PS. The van der Waals surface area contributed by atoms with Crippen LogP contribution in [0.25, 0.3) is 0 Å². The summed E-state index contributed by atoms with van der Waals surface area (Å²) in [7, 11) is 0.212. The Bertz CT molecular complexity index is 776. The van der Waals surface area contributed by atoms with Crippen LogP contribution in [0.1, 0.15) is 54.4 Å². The first-order valence-electron chi connectivity index (χ1n) is 11.9. The lowest BCUT2D eigenvalue weighted by molar-refractivity contribution is -0.149. The van der Waals surface area contributed by atoms with Crippen LogP contribution >= 0.6 is 20.3 Å². The Morgan fingerprint density at radius 2 is 1.97 bits per heavy atom. The van der Waals surface area contributed by atoms with Gasteiger partial charge in [0.05, 0.1) is 25.4 Å². The largest absolute Gasteiger partial charge is 0.462 e. The number of nitrogens with zero attached hydrogens (tertiary/aromatic N) is 2. The average molecular weight is 549 g/mol. The second kappa shape index (κ2) is 16.3. The van der Waals surface area contributed by atoms with Crippen molar-refractivity contribution in [2.24, 2.45) is 16.1 Å². The second-order valence-electron chi connectivity index (χ2n) is 9.54. The van der Waals surface area contributed by atoms with Gasteiger partial charge in [0.2, 0.25) is 6.41 Å². The van der Waals surface area contributed by atoms with Crippen LogP contribution in [0.2, 0.25) is 0 Å². The van der Waals surface area contributed by atoms with E-state index in [1.807, 2.05) is 32.7 Å². The molecule has 11 nitrogen and oxygen atoms in total. The highest BCUT2D eigenvalue weighted by atomic mass is 32.2. The van der Waals surface area contributed by atoms with Crippen LogP contribution in [0.3, 0.4) is 0 Å². The molecule has 0 radical (unpaired) electrons. The molecule has 1 fully saturated rings. The molecule has 1 amide bonds. The average Bonchev–Trinajstić information content (AvgIpc) is 3.26. The van der Waals surface area contributed by atoms with Crippen LogP contribution in [0, 0.1) is 5.41 Å². The van der Waals surface area contributed by atoms with Crippen LogP contribution in [-0.4, -0.2) is 78.7 Å². The summed E-state index contributed by atoms with van der Waals surface area (Å²) in [5.74, 6) is 0.182. The van der Waals surface area contributed by atoms with Gasteiger partial charge in [-0.25, -0.2) is 5.09 Å². The molecule has 13 heteroatoms. The Morgan fingerprint density at radius 1 is 1.28 bits per heavy atom. The molecule has 1 heterocycles. The summed E-state index contributed by atoms with van der Waals surface area (Å²) >= 11 is 1.21. The summed E-state index contributed by atoms with van der Waals surface area (Å²) in [6.07, 6.45) is 4.57. The summed E-state index contributed by atoms with van der Waals surface area (Å²) in [6, 6.07) is -0.630. The number of amides is 1. The van der Waals surface area contributed by atoms with Crippen molar-refractivity contribution in [3.63, 3.8) is 0 Å². The zero-order valence-electron chi connectivity index (χ0n) is 22.3. The Labute approximate surface area is 219 Å². The van der Waals surface area contributed by atoms with Crippen LogP contribution in [-0.2, 0) is 32.9 Å². The number of ether oxygens (including phenoxy) is 2. The van der Waals surface area contributed by atoms with E-state index in [1.165, 1.54) is 17.8 Å². The van der Waals surface area contributed by atoms with Crippen molar-refractivity contribution < 1.29 is 32.9 Å². The van der Waals surface area contributed by atoms with Crippen molar-refractivity contribution in [3.05, 3.63) is 12.3 Å². The number of hydrogen-bond acceptors (Lipinski definition) is 10. The topological polar surface area (TPSA) is 142 Å². The quantitative estimate of drug-likeness (QED) is 0.0779. The van der Waals surface area contributed by atoms with Gasteiger partial charge < -0.3 is 29.2 Å². The van der Waals surface area contributed by atoms with Crippen LogP contribution in [0.15, 0.2) is 17.3 Å². The third-order valence-corrected chi connectivity index (χ3v) is 7.39. The first kappa shape index (κ1) is 32.5. The third-order valence-electron chi connectivity index (χ3n) is 4.74. The smallest absolute Gasteiger partial charge is 0.323 e. The number of hydrogen-bond donors (Lipinski definition) is 2. The SMILES string of the molecule is CC(C)OC(=O)C(C)N[P@](OCCSC(=O)C(C)(C)C)OC[C@@H]1CCC(N(C)/C=C\C(N)=N/C=O)O1. The van der Waals surface area contributed by atoms with E-state index in [2.05, 4.69) is 10.1 Å². The van der Waals surface area contributed by atoms with Gasteiger partial charge in [0.15, 0.2) is 5.12 Å². The maximum Gasteiger partial charge on any atom is 0.323 e. The highest BCUT2D eigenvalue weighted by molar-refractivity contribution is 8.13. The predicted octanol–water partition coefficient (Wildman–Crippen LogP) is 2.95. The molecule has 36 heavy (non-hydrogen) atoms. The predicted molar refractivity (Wildman–Crippen MR) is 142 cm³/mol. The van der Waals surface area contributed by atoms with Gasteiger partial charge in [0.1, 0.15) is 18.1 Å². The lowest BCUT2D eigenvalue weighted by Gasteiger charge is -2.25. The summed E-state index contributed by atoms with van der Waals surface area (Å²) in [4.78, 5) is 40.1. The highest BCUT2D eigenvalue weighted by Gasteiger charge is 2.30. The molecule has 0 bridgehead atoms. The Balaban J connectivity index is 2.62. The fraction of sp³-hybridized carbons (Fsp3) is 0.739. The molecule has 0 aromatic heterocycles. The van der Waals surface area contributed by atoms with Crippen molar-refractivity contribution in [2.75, 3.05) is 26.0 Å². The van der Waals surface area contributed by atoms with E-state index in [4.69, 9.17) is 24.3 Å². The molecule has 1 aliphatic heterocycles. The van der Waals surface area contributed by atoms with E-state index >= 15 is 0 Å². The van der Waals surface area contributed by atoms with Crippen LogP contribution < -0.4 is 10.8 Å². The van der Waals surface area contributed by atoms with Gasteiger partial charge in [0.25, 0.3) is 8.53 Å². The molecule has 4 atom stereocenters. The number of amidine groups is 1. The fourth-order valence-electron chi connectivity index (χ4n) is 2.78. The van der Waals surface area contributed by atoms with Gasteiger partial charge in [-0.2, -0.15) is 4.99 Å². The molecule has 0 saturated carbocycles. The van der Waals surface area contributed by atoms with E-state index in [-0.39, 0.29) is 42.6 Å². The van der Waals surface area contributed by atoms with E-state index in [1.54, 1.807) is 27.0 Å². The van der Waals surface area contributed by atoms with Gasteiger partial charge >= 0.3 is 5.97 Å². The highest BCUT2D eigenvalue weighted by Crippen LogP contribution is 2.36. The van der Waals surface area contributed by atoms with Gasteiger partial charge in [-0.05, 0) is 39.7 Å². The summed E-state index contributed by atoms with van der Waals surface area (Å²) in [6.45, 7) is 11.4. The summed E-state index contributed by atoms with van der Waals surface area (Å²) < 4.78 is 23.2. The minimum Gasteiger partial charge on any atom is -0.462 e. The molecule has 0 aromatic carbocycles. The maximum atomic E-state index is 12.2. The van der Waals surface area contributed by atoms with Crippen LogP contribution in [0.5, 0.6) is 0 Å². The van der Waals surface area contributed by atoms with Crippen molar-refractivity contribution >= 4 is 43.6 Å². The van der Waals surface area contributed by atoms with Crippen molar-refractivity contribution in [3.8, 4) is 0 Å². The Kier molecular flexibility index (Phi) is 14.7. The molecule has 1 rings (SSSR count). The third kappa shape index (κ3) is 13.1. The standard InChI is InChI=1S/C23H41N4O7PS/c1-16(2)33-21(29)17(3)26-35(31-12-13-36-22(30)23(4,5)6)32-14-18-8-9-20(34-18)27(7)11-10-19(24)25-15-28/h10-11,15-18,20,26H,8-9,12-14H2,1-7H3,(H2,24,25,28)/b11-10-/t17?,18-,20?,35+/m0/s1. The number of nitrogens with two attached hydrogens (primary N) is 1. The van der Waals surface area contributed by atoms with Gasteiger partial charge in [-0.15, -0.1) is 0 Å². The van der Waals surface area contributed by atoms with E-state index < -0.39 is 26.0 Å². The number of carbonyl (C=O) groups is 3. The van der Waals surface area contributed by atoms with Crippen LogP contribution in [0.4, 0.5) is 0 Å². The van der Waals surface area contributed by atoms with Gasteiger partial charge in [-0.3, -0.25) is 14.4 Å². The number of aliphatic imine (C=N–C) groups is 1. The number of esters is 1. The number of thioether (sulfide) groups is 1. The minimum absolute atomic E-state index is 0.0842. The first-order valence-corrected chi connectivity index (χ1v) is 14.0. The molecule has 3 N–H and O–H groups in total. The first-order chi connectivity index (χ1) is 16.8. The van der Waals surface area contributed by atoms with E-state index in [0.29, 0.717) is 12.2 Å². The zero-order valence-corrected chi connectivity index (χ0v) is 24.0. The maximum absolute atomic E-state index is 12.2. The number of rotatable bonds is 15. The Morgan fingerprint density at radius 3 is 2.58 bits per heavy atom. The fourth-order valence-corrected chi connectivity index (χ4v) is 4.89. The van der Waals surface area contributed by atoms with Crippen molar-refractivity contribution in [1.82, 2.24) is 9.99 Å². The summed E-state index contributed by atoms with van der Waals surface area (Å²) in [5, 5.41) is 3.15. The monoisotopic (exact) mass is 548 g/mol. The molecule has 206 valence electrons. The van der Waals surface area contributed by atoms with Gasteiger partial charge in [0, 0.05) is 24.4 Å². The molecule has 0 aliphatic carbocycles. The molecule has 0 aromatic rings. The zero-order chi connectivity index (χ0) is 27.3. The second-order valence-corrected chi connectivity index (χ2v) is 11.9. The van der Waals surface area contributed by atoms with E-state index in [0.717, 1.165) is 12.8 Å². The minimum atomic E-state index is -1.63. The number of carbonyl (C=O) groups excluding carboxylic acids is 3. The Hall–Kier alpha value is -1.56. The number of nitrogens with one attached hydrogen (secondary N) is 1. The lowest BCUT2D eigenvalue weighted by atomic mass is 10.00. The summed E-state index contributed by atoms with van der Waals surface area (Å²) in [5.41, 5.74) is 5.16. The lowest BCUT2D eigenvalue weighted by Crippen LogP contribution is -2.35. The molecule has 0 spiro atoms. The molecule has 1 aliphatic rings. The normalized spacial score (nSPS) is 20.5. The van der Waals surface area contributed by atoms with Gasteiger partial charge in [-0.1, -0.05) is 32.5 Å². The van der Waals surface area contributed by atoms with Crippen molar-refractivity contribution in [1.29, 1.82) is 0 Å². The van der Waals surface area contributed by atoms with E-state index in [9.17, 15) is 14.4 Å². The molecule has 2 unspecified atom stereocenters. The molecule has 1 saturated heterocycles.